The first kappa shape index (κ1) is 13.7. The van der Waals surface area contributed by atoms with E-state index >= 15 is 0 Å². The van der Waals surface area contributed by atoms with Gasteiger partial charge in [0.15, 0.2) is 0 Å². The molecule has 0 atom stereocenters. The van der Waals surface area contributed by atoms with Crippen molar-refractivity contribution >= 4 is 10.9 Å². The van der Waals surface area contributed by atoms with Gasteiger partial charge in [0.2, 0.25) is 0 Å². The fraction of sp³-hybridized carbons (Fsp3) is 0.529. The summed E-state index contributed by atoms with van der Waals surface area (Å²) in [6.07, 6.45) is 4.59. The van der Waals surface area contributed by atoms with E-state index in [2.05, 4.69) is 46.9 Å². The SMILES string of the molecule is CCn1ccc2cc(CCCN3CCOCC3)ccc21. The van der Waals surface area contributed by atoms with Crippen molar-refractivity contribution in [1.29, 1.82) is 0 Å². The van der Waals surface area contributed by atoms with Crippen molar-refractivity contribution in [3.63, 3.8) is 0 Å². The van der Waals surface area contributed by atoms with Crippen LogP contribution in [0.3, 0.4) is 0 Å². The minimum atomic E-state index is 0.899. The Hall–Kier alpha value is -1.32. The Morgan fingerprint density at radius 3 is 2.80 bits per heavy atom. The molecule has 1 fully saturated rings. The van der Waals surface area contributed by atoms with Gasteiger partial charge < -0.3 is 9.30 Å². The molecule has 108 valence electrons. The van der Waals surface area contributed by atoms with Gasteiger partial charge in [-0.2, -0.15) is 0 Å². The standard InChI is InChI=1S/C17H24N2O/c1-2-19-9-7-16-14-15(5-6-17(16)19)4-3-8-18-10-12-20-13-11-18/h5-7,9,14H,2-4,8,10-13H2,1H3. The molecule has 2 heterocycles. The summed E-state index contributed by atoms with van der Waals surface area (Å²) in [7, 11) is 0. The van der Waals surface area contributed by atoms with Crippen LogP contribution in [0.1, 0.15) is 18.9 Å². The first-order valence-electron chi connectivity index (χ1n) is 7.74. The van der Waals surface area contributed by atoms with Gasteiger partial charge in [0, 0.05) is 31.3 Å². The third-order valence-electron chi connectivity index (χ3n) is 4.22. The fourth-order valence-corrected chi connectivity index (χ4v) is 3.01. The molecule has 2 aromatic rings. The molecule has 0 N–H and O–H groups in total. The average Bonchev–Trinajstić information content (AvgIpc) is 2.90. The van der Waals surface area contributed by atoms with Gasteiger partial charge in [-0.15, -0.1) is 0 Å². The molecule has 1 aromatic carbocycles. The zero-order valence-corrected chi connectivity index (χ0v) is 12.3. The van der Waals surface area contributed by atoms with E-state index in [1.807, 2.05) is 0 Å². The highest BCUT2D eigenvalue weighted by Gasteiger charge is 2.09. The summed E-state index contributed by atoms with van der Waals surface area (Å²) >= 11 is 0. The van der Waals surface area contributed by atoms with Crippen molar-refractivity contribution < 1.29 is 4.74 Å². The number of fused-ring (bicyclic) bond motifs is 1. The van der Waals surface area contributed by atoms with Gasteiger partial charge in [0.1, 0.15) is 0 Å². The van der Waals surface area contributed by atoms with E-state index in [1.165, 1.54) is 35.9 Å². The van der Waals surface area contributed by atoms with E-state index in [1.54, 1.807) is 0 Å². The maximum absolute atomic E-state index is 5.38. The molecule has 1 aromatic heterocycles. The lowest BCUT2D eigenvalue weighted by atomic mass is 10.1. The maximum Gasteiger partial charge on any atom is 0.0594 e. The highest BCUT2D eigenvalue weighted by Crippen LogP contribution is 2.18. The third kappa shape index (κ3) is 3.05. The van der Waals surface area contributed by atoms with Crippen LogP contribution in [0.5, 0.6) is 0 Å². The number of nitrogens with zero attached hydrogens (tertiary/aromatic N) is 2. The molecule has 3 nitrogen and oxygen atoms in total. The molecule has 3 heteroatoms. The highest BCUT2D eigenvalue weighted by atomic mass is 16.5. The van der Waals surface area contributed by atoms with E-state index < -0.39 is 0 Å². The Kier molecular flexibility index (Phi) is 4.38. The topological polar surface area (TPSA) is 17.4 Å². The molecule has 0 saturated carbocycles. The lowest BCUT2D eigenvalue weighted by Crippen LogP contribution is -2.36. The number of aromatic nitrogens is 1. The van der Waals surface area contributed by atoms with Crippen LogP contribution < -0.4 is 0 Å². The maximum atomic E-state index is 5.38. The van der Waals surface area contributed by atoms with Crippen molar-refractivity contribution in [2.75, 3.05) is 32.8 Å². The van der Waals surface area contributed by atoms with Gasteiger partial charge in [-0.25, -0.2) is 0 Å². The van der Waals surface area contributed by atoms with Crippen molar-refractivity contribution in [2.24, 2.45) is 0 Å². The van der Waals surface area contributed by atoms with Crippen LogP contribution in [0.15, 0.2) is 30.5 Å². The van der Waals surface area contributed by atoms with E-state index in [0.29, 0.717) is 0 Å². The zero-order valence-electron chi connectivity index (χ0n) is 12.3. The number of morpholine rings is 1. The number of ether oxygens (including phenoxy) is 1. The van der Waals surface area contributed by atoms with E-state index in [0.717, 1.165) is 32.8 Å². The van der Waals surface area contributed by atoms with E-state index in [4.69, 9.17) is 4.74 Å². The van der Waals surface area contributed by atoms with Crippen molar-refractivity contribution in [2.45, 2.75) is 26.3 Å². The average molecular weight is 272 g/mol. The van der Waals surface area contributed by atoms with Crippen LogP contribution in [0.4, 0.5) is 0 Å². The summed E-state index contributed by atoms with van der Waals surface area (Å²) < 4.78 is 7.68. The van der Waals surface area contributed by atoms with E-state index in [-0.39, 0.29) is 0 Å². The number of benzene rings is 1. The molecule has 0 bridgehead atoms. The van der Waals surface area contributed by atoms with Crippen LogP contribution in [-0.2, 0) is 17.7 Å². The van der Waals surface area contributed by atoms with Gasteiger partial charge in [0.25, 0.3) is 0 Å². The predicted molar refractivity (Wildman–Crippen MR) is 83.2 cm³/mol. The summed E-state index contributed by atoms with van der Waals surface area (Å²) in [5.74, 6) is 0. The number of hydrogen-bond acceptors (Lipinski definition) is 2. The van der Waals surface area contributed by atoms with Crippen LogP contribution >= 0.6 is 0 Å². The number of rotatable bonds is 5. The Morgan fingerprint density at radius 1 is 1.15 bits per heavy atom. The molecule has 0 aliphatic carbocycles. The molecule has 1 aliphatic rings. The molecular formula is C17H24N2O. The Morgan fingerprint density at radius 2 is 2.00 bits per heavy atom. The molecule has 1 saturated heterocycles. The second kappa shape index (κ2) is 6.42. The Bertz CT molecular complexity index is 555. The normalized spacial score (nSPS) is 16.9. The summed E-state index contributed by atoms with van der Waals surface area (Å²) in [5.41, 5.74) is 2.81. The second-order valence-corrected chi connectivity index (χ2v) is 5.55. The molecule has 0 unspecified atom stereocenters. The van der Waals surface area contributed by atoms with Crippen LogP contribution in [-0.4, -0.2) is 42.3 Å². The van der Waals surface area contributed by atoms with Gasteiger partial charge in [0.05, 0.1) is 13.2 Å². The summed E-state index contributed by atoms with van der Waals surface area (Å²) in [6.45, 7) is 8.41. The minimum Gasteiger partial charge on any atom is -0.379 e. The van der Waals surface area contributed by atoms with Gasteiger partial charge >= 0.3 is 0 Å². The number of hydrogen-bond donors (Lipinski definition) is 0. The zero-order chi connectivity index (χ0) is 13.8. The summed E-state index contributed by atoms with van der Waals surface area (Å²) in [4.78, 5) is 2.51. The van der Waals surface area contributed by atoms with Gasteiger partial charge in [-0.05, 0) is 55.5 Å². The van der Waals surface area contributed by atoms with E-state index in [9.17, 15) is 0 Å². The summed E-state index contributed by atoms with van der Waals surface area (Å²) in [5, 5.41) is 1.37. The quantitative estimate of drug-likeness (QED) is 0.832. The molecule has 1 aliphatic heterocycles. The predicted octanol–water partition coefficient (Wildman–Crippen LogP) is 2.93. The Balaban J connectivity index is 1.57. The highest BCUT2D eigenvalue weighted by molar-refractivity contribution is 5.80. The molecule has 0 radical (unpaired) electrons. The summed E-state index contributed by atoms with van der Waals surface area (Å²) in [6, 6.07) is 9.13. The van der Waals surface area contributed by atoms with Gasteiger partial charge in [-0.3, -0.25) is 4.90 Å². The lowest BCUT2D eigenvalue weighted by Gasteiger charge is -2.26. The first-order chi connectivity index (χ1) is 9.86. The van der Waals surface area contributed by atoms with Crippen LogP contribution in [0, 0.1) is 0 Å². The Labute approximate surface area is 121 Å². The van der Waals surface area contributed by atoms with Crippen LogP contribution in [0.25, 0.3) is 10.9 Å². The van der Waals surface area contributed by atoms with Crippen molar-refractivity contribution in [1.82, 2.24) is 9.47 Å². The van der Waals surface area contributed by atoms with Gasteiger partial charge in [-0.1, -0.05) is 6.07 Å². The van der Waals surface area contributed by atoms with Crippen molar-refractivity contribution in [3.8, 4) is 0 Å². The monoisotopic (exact) mass is 272 g/mol. The molecule has 3 rings (SSSR count). The molecule has 20 heavy (non-hydrogen) atoms. The lowest BCUT2D eigenvalue weighted by molar-refractivity contribution is 0.0375. The van der Waals surface area contributed by atoms with Crippen LogP contribution in [0.2, 0.25) is 0 Å². The molecular weight excluding hydrogens is 248 g/mol. The fourth-order valence-electron chi connectivity index (χ4n) is 3.01. The third-order valence-corrected chi connectivity index (χ3v) is 4.22. The minimum absolute atomic E-state index is 0.899. The number of aryl methyl sites for hydroxylation is 2. The molecule has 0 amide bonds. The smallest absolute Gasteiger partial charge is 0.0594 e. The first-order valence-corrected chi connectivity index (χ1v) is 7.74. The second-order valence-electron chi connectivity index (χ2n) is 5.55. The van der Waals surface area contributed by atoms with Crippen molar-refractivity contribution in [3.05, 3.63) is 36.0 Å². The largest absolute Gasteiger partial charge is 0.379 e. The molecule has 0 spiro atoms.